The van der Waals surface area contributed by atoms with Crippen LogP contribution in [0.5, 0.6) is 0 Å². The van der Waals surface area contributed by atoms with Gasteiger partial charge in [-0.15, -0.1) is 13.2 Å². The Kier molecular flexibility index (Phi) is 8.13. The highest BCUT2D eigenvalue weighted by Crippen LogP contribution is 2.45. The van der Waals surface area contributed by atoms with Crippen molar-refractivity contribution in [3.63, 3.8) is 0 Å². The van der Waals surface area contributed by atoms with E-state index in [0.717, 1.165) is 0 Å². The Balaban J connectivity index is 6.12. The molecule has 0 aliphatic carbocycles. The molecule has 0 aliphatic heterocycles. The minimum Gasteiger partial charge on any atom is -0.352 e. The molecule has 0 fully saturated rings. The maximum absolute atomic E-state index is 13.6. The van der Waals surface area contributed by atoms with Crippen molar-refractivity contribution in [3.8, 4) is 0 Å². The van der Waals surface area contributed by atoms with E-state index in [1.165, 1.54) is 0 Å². The second kappa shape index (κ2) is 8.75. The van der Waals surface area contributed by atoms with Gasteiger partial charge >= 0.3 is 24.2 Å². The number of halogens is 14. The third kappa shape index (κ3) is 5.51. The van der Waals surface area contributed by atoms with Crippen LogP contribution >= 0.6 is 0 Å². The Labute approximate surface area is 152 Å². The van der Waals surface area contributed by atoms with Gasteiger partial charge in [-0.1, -0.05) is 12.2 Å². The predicted molar refractivity (Wildman–Crippen MR) is 69.5 cm³/mol. The van der Waals surface area contributed by atoms with Gasteiger partial charge in [0.25, 0.3) is 0 Å². The molecule has 0 aromatic heterocycles. The number of hydrogen-bond donors (Lipinski definition) is 0. The summed E-state index contributed by atoms with van der Waals surface area (Å²) in [6.07, 6.45) is -19.7. The zero-order valence-corrected chi connectivity index (χ0v) is 13.4. The van der Waals surface area contributed by atoms with E-state index >= 15 is 0 Å². The molecule has 29 heavy (non-hydrogen) atoms. The number of ether oxygens (including phenoxy) is 1. The molecule has 0 saturated carbocycles. The third-order valence-electron chi connectivity index (χ3n) is 2.90. The van der Waals surface area contributed by atoms with Gasteiger partial charge < -0.3 is 4.74 Å². The molecule has 0 aromatic rings. The van der Waals surface area contributed by atoms with E-state index in [1.54, 1.807) is 0 Å². The molecule has 0 saturated heterocycles. The van der Waals surface area contributed by atoms with E-state index in [4.69, 9.17) is 0 Å². The standard InChI is InChI=1S/C14H8F14O/c1-3-5(7(15)9(17)11(19,20)13(23,24)25)29-6(4-2)8(16)10(18)12(21,22)14(26,27)28/h3-6H,1-2H2. The van der Waals surface area contributed by atoms with Crippen LogP contribution in [0.25, 0.3) is 0 Å². The lowest BCUT2D eigenvalue weighted by atomic mass is 10.1. The monoisotopic (exact) mass is 458 g/mol. The molecule has 0 rings (SSSR count). The Hall–Kier alpha value is -2.06. The van der Waals surface area contributed by atoms with Crippen molar-refractivity contribution in [2.24, 2.45) is 0 Å². The molecule has 0 aliphatic rings. The van der Waals surface area contributed by atoms with Gasteiger partial charge in [0.2, 0.25) is 11.7 Å². The molecule has 0 amide bonds. The number of hydrogen-bond acceptors (Lipinski definition) is 1. The Morgan fingerprint density at radius 2 is 0.828 bits per heavy atom. The summed E-state index contributed by atoms with van der Waals surface area (Å²) in [4.78, 5) is 0. The van der Waals surface area contributed by atoms with Crippen molar-refractivity contribution in [2.75, 3.05) is 0 Å². The highest BCUT2D eigenvalue weighted by molar-refractivity contribution is 5.22. The van der Waals surface area contributed by atoms with Crippen molar-refractivity contribution in [2.45, 2.75) is 36.4 Å². The zero-order chi connectivity index (χ0) is 23.6. The van der Waals surface area contributed by atoms with E-state index in [1.807, 2.05) is 0 Å². The first kappa shape index (κ1) is 26.9. The van der Waals surface area contributed by atoms with Crippen LogP contribution in [-0.4, -0.2) is 36.4 Å². The summed E-state index contributed by atoms with van der Waals surface area (Å²) in [5, 5.41) is 0. The summed E-state index contributed by atoms with van der Waals surface area (Å²) in [7, 11) is 0. The van der Waals surface area contributed by atoms with Crippen molar-refractivity contribution in [3.05, 3.63) is 48.6 Å². The van der Waals surface area contributed by atoms with Crippen LogP contribution in [0.1, 0.15) is 0 Å². The average molecular weight is 458 g/mol. The van der Waals surface area contributed by atoms with Crippen LogP contribution in [0, 0.1) is 0 Å². The van der Waals surface area contributed by atoms with Crippen molar-refractivity contribution < 1.29 is 66.2 Å². The summed E-state index contributed by atoms with van der Waals surface area (Å²) >= 11 is 0. The zero-order valence-electron chi connectivity index (χ0n) is 13.4. The molecular formula is C14H8F14O. The van der Waals surface area contributed by atoms with Gasteiger partial charge in [-0.3, -0.25) is 0 Å². The van der Waals surface area contributed by atoms with E-state index in [9.17, 15) is 61.5 Å². The van der Waals surface area contributed by atoms with Gasteiger partial charge in [0.15, 0.2) is 11.7 Å². The van der Waals surface area contributed by atoms with Crippen LogP contribution in [0.2, 0.25) is 0 Å². The molecule has 1 nitrogen and oxygen atoms in total. The second-order valence-corrected chi connectivity index (χ2v) is 4.92. The molecule has 2 unspecified atom stereocenters. The average Bonchev–Trinajstić information content (AvgIpc) is 2.58. The highest BCUT2D eigenvalue weighted by Gasteiger charge is 2.64. The molecule has 0 bridgehead atoms. The molecule has 0 radical (unpaired) electrons. The Bertz CT molecular complexity index is 623. The lowest BCUT2D eigenvalue weighted by molar-refractivity contribution is -0.271. The van der Waals surface area contributed by atoms with E-state index in [0.29, 0.717) is 0 Å². The molecule has 0 N–H and O–H groups in total. The van der Waals surface area contributed by atoms with E-state index < -0.39 is 59.7 Å². The number of rotatable bonds is 8. The van der Waals surface area contributed by atoms with Gasteiger partial charge in [-0.25, -0.2) is 17.6 Å². The first-order valence-corrected chi connectivity index (χ1v) is 6.68. The summed E-state index contributed by atoms with van der Waals surface area (Å²) < 4.78 is 181. The molecule has 15 heteroatoms. The minimum absolute atomic E-state index is 0.0923. The molecule has 0 aromatic carbocycles. The first-order valence-electron chi connectivity index (χ1n) is 6.68. The Morgan fingerprint density at radius 1 is 0.586 bits per heavy atom. The highest BCUT2D eigenvalue weighted by atomic mass is 19.4. The minimum atomic E-state index is -6.65. The summed E-state index contributed by atoms with van der Waals surface area (Å²) in [5.74, 6) is -26.6. The van der Waals surface area contributed by atoms with Crippen LogP contribution < -0.4 is 0 Å². The molecule has 0 heterocycles. The third-order valence-corrected chi connectivity index (χ3v) is 2.90. The summed E-state index contributed by atoms with van der Waals surface area (Å²) in [6, 6.07) is 0. The second-order valence-electron chi connectivity index (χ2n) is 4.92. The molecule has 168 valence electrons. The van der Waals surface area contributed by atoms with Crippen LogP contribution in [-0.2, 0) is 4.74 Å². The van der Waals surface area contributed by atoms with Crippen LogP contribution in [0.4, 0.5) is 61.5 Å². The number of allylic oxidation sites excluding steroid dienone is 2. The maximum atomic E-state index is 13.6. The molecule has 0 spiro atoms. The van der Waals surface area contributed by atoms with E-state index in [-0.39, 0.29) is 12.2 Å². The molecule has 2 atom stereocenters. The van der Waals surface area contributed by atoms with Crippen LogP contribution in [0.3, 0.4) is 0 Å². The lowest BCUT2D eigenvalue weighted by Gasteiger charge is -2.23. The van der Waals surface area contributed by atoms with Gasteiger partial charge in [0.1, 0.15) is 12.2 Å². The van der Waals surface area contributed by atoms with Crippen LogP contribution in [0.15, 0.2) is 48.6 Å². The van der Waals surface area contributed by atoms with Crippen molar-refractivity contribution >= 4 is 0 Å². The fourth-order valence-corrected chi connectivity index (χ4v) is 1.39. The first-order chi connectivity index (χ1) is 12.8. The SMILES string of the molecule is C=CC(OC(C=C)C(F)=C(F)C(F)(F)C(F)(F)F)C(F)=C(F)C(F)(F)C(F)(F)F. The van der Waals surface area contributed by atoms with Gasteiger partial charge in [0, 0.05) is 0 Å². The quantitative estimate of drug-likeness (QED) is 0.287. The lowest BCUT2D eigenvalue weighted by Crippen LogP contribution is -2.39. The predicted octanol–water partition coefficient (Wildman–Crippen LogP) is 6.81. The largest absolute Gasteiger partial charge is 0.460 e. The number of alkyl halides is 10. The summed E-state index contributed by atoms with van der Waals surface area (Å²) in [6.45, 7) is 5.20. The van der Waals surface area contributed by atoms with Crippen molar-refractivity contribution in [1.29, 1.82) is 0 Å². The topological polar surface area (TPSA) is 9.23 Å². The fourth-order valence-electron chi connectivity index (χ4n) is 1.39. The maximum Gasteiger partial charge on any atom is 0.460 e. The Morgan fingerprint density at radius 3 is 1.00 bits per heavy atom. The van der Waals surface area contributed by atoms with Gasteiger partial charge in [-0.05, 0) is 0 Å². The normalized spacial score (nSPS) is 17.9. The summed E-state index contributed by atoms with van der Waals surface area (Å²) in [5.41, 5.74) is 0. The van der Waals surface area contributed by atoms with E-state index in [2.05, 4.69) is 17.9 Å². The molecular weight excluding hydrogens is 450 g/mol. The van der Waals surface area contributed by atoms with Crippen molar-refractivity contribution in [1.82, 2.24) is 0 Å². The van der Waals surface area contributed by atoms with Gasteiger partial charge in [0.05, 0.1) is 0 Å². The fraction of sp³-hybridized carbons (Fsp3) is 0.429. The smallest absolute Gasteiger partial charge is 0.352 e. The van der Waals surface area contributed by atoms with Gasteiger partial charge in [-0.2, -0.15) is 43.9 Å².